The van der Waals surface area contributed by atoms with Crippen molar-refractivity contribution in [3.05, 3.63) is 0 Å². The largest absolute Gasteiger partial charge is 0.316 e. The van der Waals surface area contributed by atoms with E-state index in [2.05, 4.69) is 5.32 Å². The van der Waals surface area contributed by atoms with E-state index in [9.17, 15) is 9.59 Å². The monoisotopic (exact) mass is 238 g/mol. The Morgan fingerprint density at radius 2 is 2.00 bits per heavy atom. The van der Waals surface area contributed by atoms with E-state index in [1.807, 2.05) is 6.92 Å². The van der Waals surface area contributed by atoms with Crippen LogP contribution in [0.5, 0.6) is 0 Å². The summed E-state index contributed by atoms with van der Waals surface area (Å²) in [6.07, 6.45) is 4.46. The molecule has 17 heavy (non-hydrogen) atoms. The quantitative estimate of drug-likeness (QED) is 0.751. The third kappa shape index (κ3) is 3.28. The van der Waals surface area contributed by atoms with Crippen molar-refractivity contribution in [2.24, 2.45) is 11.8 Å². The fourth-order valence-corrected chi connectivity index (χ4v) is 2.76. The summed E-state index contributed by atoms with van der Waals surface area (Å²) in [5.41, 5.74) is 0. The number of nitrogens with one attached hydrogen (secondary N) is 1. The van der Waals surface area contributed by atoms with Crippen LogP contribution in [0.3, 0.4) is 0 Å². The van der Waals surface area contributed by atoms with E-state index in [4.69, 9.17) is 0 Å². The van der Waals surface area contributed by atoms with Crippen molar-refractivity contribution < 1.29 is 9.59 Å². The first kappa shape index (κ1) is 12.6. The lowest BCUT2D eigenvalue weighted by Crippen LogP contribution is -2.44. The highest BCUT2D eigenvalue weighted by Gasteiger charge is 2.30. The summed E-state index contributed by atoms with van der Waals surface area (Å²) in [6.45, 7) is 4.73. The summed E-state index contributed by atoms with van der Waals surface area (Å²) in [4.78, 5) is 25.0. The SMILES string of the molecule is CC1CC(=O)N(CCC2CCCNC2)C(=O)C1. The maximum absolute atomic E-state index is 11.8. The van der Waals surface area contributed by atoms with Crippen molar-refractivity contribution >= 4 is 11.8 Å². The van der Waals surface area contributed by atoms with E-state index in [0.29, 0.717) is 25.3 Å². The maximum Gasteiger partial charge on any atom is 0.229 e. The minimum atomic E-state index is 0.0255. The van der Waals surface area contributed by atoms with Crippen molar-refractivity contribution in [3.8, 4) is 0 Å². The second-order valence-corrected chi connectivity index (χ2v) is 5.45. The summed E-state index contributed by atoms with van der Waals surface area (Å²) in [5, 5.41) is 3.36. The first-order chi connectivity index (χ1) is 8.16. The summed E-state index contributed by atoms with van der Waals surface area (Å²) in [7, 11) is 0. The zero-order valence-corrected chi connectivity index (χ0v) is 10.6. The van der Waals surface area contributed by atoms with E-state index >= 15 is 0 Å². The van der Waals surface area contributed by atoms with Crippen molar-refractivity contribution in [2.75, 3.05) is 19.6 Å². The number of imide groups is 1. The number of nitrogens with zero attached hydrogens (tertiary/aromatic N) is 1. The highest BCUT2D eigenvalue weighted by Crippen LogP contribution is 2.21. The van der Waals surface area contributed by atoms with Gasteiger partial charge in [0, 0.05) is 19.4 Å². The van der Waals surface area contributed by atoms with Crippen LogP contribution in [0.25, 0.3) is 0 Å². The van der Waals surface area contributed by atoms with Gasteiger partial charge in [0.05, 0.1) is 0 Å². The summed E-state index contributed by atoms with van der Waals surface area (Å²) >= 11 is 0. The molecule has 0 saturated carbocycles. The zero-order valence-electron chi connectivity index (χ0n) is 10.6. The highest BCUT2D eigenvalue weighted by atomic mass is 16.2. The number of amides is 2. The molecule has 0 radical (unpaired) electrons. The van der Waals surface area contributed by atoms with Gasteiger partial charge in [-0.15, -0.1) is 0 Å². The van der Waals surface area contributed by atoms with Gasteiger partial charge in [-0.1, -0.05) is 6.92 Å². The highest BCUT2D eigenvalue weighted by molar-refractivity contribution is 5.97. The van der Waals surface area contributed by atoms with Crippen LogP contribution < -0.4 is 5.32 Å². The van der Waals surface area contributed by atoms with Crippen molar-refractivity contribution in [1.29, 1.82) is 0 Å². The molecular formula is C13H22N2O2. The van der Waals surface area contributed by atoms with E-state index in [0.717, 1.165) is 19.5 Å². The molecule has 0 aromatic carbocycles. The molecule has 4 nitrogen and oxygen atoms in total. The van der Waals surface area contributed by atoms with Gasteiger partial charge in [-0.3, -0.25) is 14.5 Å². The molecule has 2 rings (SSSR count). The van der Waals surface area contributed by atoms with Gasteiger partial charge in [0.2, 0.25) is 11.8 Å². The van der Waals surface area contributed by atoms with E-state index in [-0.39, 0.29) is 17.7 Å². The molecule has 0 spiro atoms. The molecule has 4 heteroatoms. The molecule has 1 N–H and O–H groups in total. The topological polar surface area (TPSA) is 49.4 Å². The Kier molecular flexibility index (Phi) is 4.15. The number of carbonyl (C=O) groups excluding carboxylic acids is 2. The number of likely N-dealkylation sites (tertiary alicyclic amines) is 1. The van der Waals surface area contributed by atoms with Gasteiger partial charge in [-0.2, -0.15) is 0 Å². The number of hydrogen-bond acceptors (Lipinski definition) is 3. The Balaban J connectivity index is 1.81. The van der Waals surface area contributed by atoms with Crippen LogP contribution in [-0.4, -0.2) is 36.3 Å². The summed E-state index contributed by atoms with van der Waals surface area (Å²) in [6, 6.07) is 0. The smallest absolute Gasteiger partial charge is 0.229 e. The van der Waals surface area contributed by atoms with E-state index < -0.39 is 0 Å². The van der Waals surface area contributed by atoms with Gasteiger partial charge in [-0.25, -0.2) is 0 Å². The molecule has 2 fully saturated rings. The molecule has 1 atom stereocenters. The standard InChI is InChI=1S/C13H22N2O2/c1-10-7-12(16)15(13(17)8-10)6-4-11-3-2-5-14-9-11/h10-11,14H,2-9H2,1H3. The molecule has 0 aromatic heterocycles. The first-order valence-electron chi connectivity index (χ1n) is 6.70. The zero-order chi connectivity index (χ0) is 12.3. The maximum atomic E-state index is 11.8. The molecule has 2 heterocycles. The Bertz CT molecular complexity index is 280. The molecule has 0 bridgehead atoms. The first-order valence-corrected chi connectivity index (χ1v) is 6.70. The van der Waals surface area contributed by atoms with Crippen LogP contribution in [0, 0.1) is 11.8 Å². The molecular weight excluding hydrogens is 216 g/mol. The lowest BCUT2D eigenvalue weighted by atomic mass is 9.94. The van der Waals surface area contributed by atoms with Gasteiger partial charge in [0.25, 0.3) is 0 Å². The lowest BCUT2D eigenvalue weighted by Gasteiger charge is -2.30. The molecule has 2 saturated heterocycles. The average molecular weight is 238 g/mol. The van der Waals surface area contributed by atoms with Crippen LogP contribution in [0.1, 0.15) is 39.0 Å². The third-order valence-corrected chi connectivity index (χ3v) is 3.81. The van der Waals surface area contributed by atoms with Crippen LogP contribution >= 0.6 is 0 Å². The third-order valence-electron chi connectivity index (χ3n) is 3.81. The predicted molar refractivity (Wildman–Crippen MR) is 65.3 cm³/mol. The van der Waals surface area contributed by atoms with E-state index in [1.165, 1.54) is 17.7 Å². The van der Waals surface area contributed by atoms with Gasteiger partial charge in [-0.05, 0) is 44.2 Å². The molecule has 2 aliphatic rings. The molecule has 2 amide bonds. The minimum Gasteiger partial charge on any atom is -0.316 e. The predicted octanol–water partition coefficient (Wildman–Crippen LogP) is 1.16. The Hall–Kier alpha value is -0.900. The lowest BCUT2D eigenvalue weighted by molar-refractivity contribution is -0.149. The number of hydrogen-bond donors (Lipinski definition) is 1. The van der Waals surface area contributed by atoms with Crippen LogP contribution in [0.4, 0.5) is 0 Å². The van der Waals surface area contributed by atoms with Crippen molar-refractivity contribution in [2.45, 2.75) is 39.0 Å². The normalized spacial score (nSPS) is 27.6. The van der Waals surface area contributed by atoms with Gasteiger partial charge in [0.15, 0.2) is 0 Å². The van der Waals surface area contributed by atoms with Gasteiger partial charge >= 0.3 is 0 Å². The summed E-state index contributed by atoms with van der Waals surface area (Å²) < 4.78 is 0. The average Bonchev–Trinajstić information content (AvgIpc) is 2.29. The fourth-order valence-electron chi connectivity index (χ4n) is 2.76. The molecule has 2 aliphatic heterocycles. The number of rotatable bonds is 3. The van der Waals surface area contributed by atoms with Crippen molar-refractivity contribution in [3.63, 3.8) is 0 Å². The Morgan fingerprint density at radius 1 is 1.29 bits per heavy atom. The van der Waals surface area contributed by atoms with Gasteiger partial charge < -0.3 is 5.32 Å². The molecule has 0 aliphatic carbocycles. The molecule has 96 valence electrons. The second-order valence-electron chi connectivity index (χ2n) is 5.45. The Labute approximate surface area is 103 Å². The van der Waals surface area contributed by atoms with Crippen LogP contribution in [-0.2, 0) is 9.59 Å². The number of piperidine rings is 2. The van der Waals surface area contributed by atoms with Gasteiger partial charge in [0.1, 0.15) is 0 Å². The minimum absolute atomic E-state index is 0.0255. The summed E-state index contributed by atoms with van der Waals surface area (Å²) in [5.74, 6) is 0.904. The van der Waals surface area contributed by atoms with Crippen molar-refractivity contribution in [1.82, 2.24) is 10.2 Å². The molecule has 0 aromatic rings. The fraction of sp³-hybridized carbons (Fsp3) is 0.846. The van der Waals surface area contributed by atoms with Crippen LogP contribution in [0.2, 0.25) is 0 Å². The van der Waals surface area contributed by atoms with Crippen LogP contribution in [0.15, 0.2) is 0 Å². The van der Waals surface area contributed by atoms with E-state index in [1.54, 1.807) is 0 Å². The molecule has 1 unspecified atom stereocenters. The number of carbonyl (C=O) groups is 2. The Morgan fingerprint density at radius 3 is 2.59 bits per heavy atom. The second kappa shape index (κ2) is 5.63.